The molecule has 0 bridgehead atoms. The van der Waals surface area contributed by atoms with Gasteiger partial charge in [0.25, 0.3) is 6.35 Å². The Balaban J connectivity index is 1.78. The fourth-order valence-electron chi connectivity index (χ4n) is 2.01. The van der Waals surface area contributed by atoms with Gasteiger partial charge in [-0.05, 0) is 25.3 Å². The summed E-state index contributed by atoms with van der Waals surface area (Å²) in [7, 11) is -2.12. The number of aromatic nitrogens is 4. The first kappa shape index (κ1) is 19.2. The Morgan fingerprint density at radius 3 is 2.80 bits per heavy atom. The predicted molar refractivity (Wildman–Crippen MR) is 89.9 cm³/mol. The highest BCUT2D eigenvalue weighted by Crippen LogP contribution is 2.23. The lowest BCUT2D eigenvalue weighted by Gasteiger charge is -2.10. The number of rotatable bonds is 9. The standard InChI is InChI=1S/C14H21N5O5P/c1-9(2)24-11(20)5-23-25(21)8-22-10(3)4-19-7-18-12-13(15)16-6-17-14(12)19/h6-7,9-10H,4-5,8H2,1-3H3,(H2,15,16,17)/q+1. The van der Waals surface area contributed by atoms with Crippen LogP contribution in [-0.4, -0.2) is 50.7 Å². The van der Waals surface area contributed by atoms with E-state index in [2.05, 4.69) is 15.0 Å². The number of nitrogen functional groups attached to an aromatic ring is 1. The summed E-state index contributed by atoms with van der Waals surface area (Å²) in [6.45, 7) is 5.33. The molecule has 0 aliphatic carbocycles. The van der Waals surface area contributed by atoms with Crippen LogP contribution in [0.5, 0.6) is 0 Å². The fraction of sp³-hybridized carbons (Fsp3) is 0.571. The highest BCUT2D eigenvalue weighted by Gasteiger charge is 2.23. The van der Waals surface area contributed by atoms with Gasteiger partial charge in [0.2, 0.25) is 0 Å². The average molecular weight is 370 g/mol. The fourth-order valence-corrected chi connectivity index (χ4v) is 2.71. The van der Waals surface area contributed by atoms with Crippen molar-refractivity contribution in [2.45, 2.75) is 39.5 Å². The van der Waals surface area contributed by atoms with E-state index in [-0.39, 0.29) is 25.2 Å². The van der Waals surface area contributed by atoms with Crippen LogP contribution in [0.3, 0.4) is 0 Å². The summed E-state index contributed by atoms with van der Waals surface area (Å²) in [6.07, 6.45) is 2.30. The molecule has 0 spiro atoms. The van der Waals surface area contributed by atoms with Crippen LogP contribution in [0.2, 0.25) is 0 Å². The van der Waals surface area contributed by atoms with E-state index in [4.69, 9.17) is 19.7 Å². The van der Waals surface area contributed by atoms with Gasteiger partial charge in [-0.2, -0.15) is 0 Å². The Hall–Kier alpha value is -2.16. The number of ether oxygens (including phenoxy) is 2. The van der Waals surface area contributed by atoms with Gasteiger partial charge in [0.05, 0.1) is 25.1 Å². The van der Waals surface area contributed by atoms with E-state index in [1.807, 2.05) is 6.92 Å². The first-order chi connectivity index (χ1) is 11.9. The lowest BCUT2D eigenvalue weighted by Crippen LogP contribution is -2.17. The molecule has 25 heavy (non-hydrogen) atoms. The van der Waals surface area contributed by atoms with Gasteiger partial charge in [0.15, 0.2) is 18.1 Å². The van der Waals surface area contributed by atoms with Crippen molar-refractivity contribution in [2.75, 3.05) is 18.7 Å². The van der Waals surface area contributed by atoms with E-state index >= 15 is 0 Å². The number of fused-ring (bicyclic) bond motifs is 1. The SMILES string of the molecule is CC(C)OC(=O)CO[P+](=O)COC(C)Cn1cnc2c(N)ncnc21. The molecule has 2 heterocycles. The molecule has 0 aromatic carbocycles. The van der Waals surface area contributed by atoms with Gasteiger partial charge in [-0.1, -0.05) is 0 Å². The Kier molecular flexibility index (Phi) is 6.74. The topological polar surface area (TPSA) is 131 Å². The lowest BCUT2D eigenvalue weighted by molar-refractivity contribution is -0.149. The minimum atomic E-state index is -2.12. The normalized spacial score (nSPS) is 13.2. The van der Waals surface area contributed by atoms with Crippen molar-refractivity contribution < 1.29 is 23.4 Å². The summed E-state index contributed by atoms with van der Waals surface area (Å²) < 4.78 is 28.8. The summed E-state index contributed by atoms with van der Waals surface area (Å²) in [6, 6.07) is 0. The second kappa shape index (κ2) is 8.80. The molecule has 0 amide bonds. The van der Waals surface area contributed by atoms with Crippen LogP contribution in [0.15, 0.2) is 12.7 Å². The molecule has 2 N–H and O–H groups in total. The molecule has 2 aromatic heterocycles. The van der Waals surface area contributed by atoms with Crippen LogP contribution in [0.4, 0.5) is 5.82 Å². The molecule has 2 rings (SSSR count). The third kappa shape index (κ3) is 5.70. The van der Waals surface area contributed by atoms with Gasteiger partial charge in [-0.3, -0.25) is 0 Å². The highest BCUT2D eigenvalue weighted by molar-refractivity contribution is 7.38. The number of nitrogens with zero attached hydrogens (tertiary/aromatic N) is 4. The Labute approximate surface area is 145 Å². The van der Waals surface area contributed by atoms with Crippen LogP contribution in [-0.2, 0) is 29.9 Å². The minimum absolute atomic E-state index is 0.130. The molecule has 0 radical (unpaired) electrons. The van der Waals surface area contributed by atoms with E-state index in [1.54, 1.807) is 24.7 Å². The molecule has 2 atom stereocenters. The molecule has 0 saturated heterocycles. The molecule has 11 heteroatoms. The number of carbonyl (C=O) groups is 1. The number of esters is 1. The van der Waals surface area contributed by atoms with Crippen molar-refractivity contribution in [1.82, 2.24) is 19.5 Å². The van der Waals surface area contributed by atoms with Crippen LogP contribution in [0, 0.1) is 0 Å². The second-order valence-corrected chi connectivity index (χ2v) is 6.76. The molecule has 0 aliphatic rings. The molecule has 10 nitrogen and oxygen atoms in total. The maximum atomic E-state index is 11.7. The molecule has 0 fully saturated rings. The van der Waals surface area contributed by atoms with Crippen molar-refractivity contribution in [1.29, 1.82) is 0 Å². The number of imidazole rings is 1. The number of hydrogen-bond acceptors (Lipinski definition) is 9. The van der Waals surface area contributed by atoms with Crippen LogP contribution < -0.4 is 5.73 Å². The lowest BCUT2D eigenvalue weighted by atomic mass is 10.4. The molecule has 2 unspecified atom stereocenters. The predicted octanol–water partition coefficient (Wildman–Crippen LogP) is 1.48. The first-order valence-corrected chi connectivity index (χ1v) is 9.03. The number of hydrogen-bond donors (Lipinski definition) is 1. The van der Waals surface area contributed by atoms with Crippen LogP contribution in [0.25, 0.3) is 11.2 Å². The van der Waals surface area contributed by atoms with Crippen LogP contribution >= 0.6 is 8.03 Å². The van der Waals surface area contributed by atoms with E-state index < -0.39 is 14.0 Å². The van der Waals surface area contributed by atoms with Crippen LogP contribution in [0.1, 0.15) is 20.8 Å². The highest BCUT2D eigenvalue weighted by atomic mass is 31.1. The maximum Gasteiger partial charge on any atom is 0.537 e. The summed E-state index contributed by atoms with van der Waals surface area (Å²) in [5.41, 5.74) is 6.85. The van der Waals surface area contributed by atoms with E-state index in [9.17, 15) is 9.36 Å². The van der Waals surface area contributed by atoms with Crippen molar-refractivity contribution >= 4 is 31.0 Å². The van der Waals surface area contributed by atoms with Gasteiger partial charge in [0.1, 0.15) is 11.8 Å². The van der Waals surface area contributed by atoms with Gasteiger partial charge in [0, 0.05) is 0 Å². The van der Waals surface area contributed by atoms with Crippen molar-refractivity contribution in [3.05, 3.63) is 12.7 Å². The maximum absolute atomic E-state index is 11.7. The van der Waals surface area contributed by atoms with Crippen molar-refractivity contribution in [3.8, 4) is 0 Å². The van der Waals surface area contributed by atoms with Gasteiger partial charge in [-0.15, -0.1) is 4.52 Å². The molecule has 2 aromatic rings. The first-order valence-electron chi connectivity index (χ1n) is 7.66. The third-order valence-corrected chi connectivity index (χ3v) is 3.82. The number of anilines is 1. The Morgan fingerprint density at radius 2 is 2.08 bits per heavy atom. The molecule has 0 aliphatic heterocycles. The summed E-state index contributed by atoms with van der Waals surface area (Å²) in [5.74, 6) is -0.254. The zero-order valence-corrected chi connectivity index (χ0v) is 15.2. The van der Waals surface area contributed by atoms with Crippen molar-refractivity contribution in [3.63, 3.8) is 0 Å². The summed E-state index contributed by atoms with van der Waals surface area (Å²) >= 11 is 0. The number of nitrogens with two attached hydrogens (primary N) is 1. The summed E-state index contributed by atoms with van der Waals surface area (Å²) in [5, 5.41) is 0. The van der Waals surface area contributed by atoms with Gasteiger partial charge >= 0.3 is 14.0 Å². The third-order valence-electron chi connectivity index (χ3n) is 3.04. The largest absolute Gasteiger partial charge is 0.537 e. The minimum Gasteiger partial charge on any atom is -0.461 e. The monoisotopic (exact) mass is 370 g/mol. The quantitative estimate of drug-likeness (QED) is 0.515. The Morgan fingerprint density at radius 1 is 1.32 bits per heavy atom. The molecular formula is C14H21N5O5P+. The average Bonchev–Trinajstić information content (AvgIpc) is 2.95. The van der Waals surface area contributed by atoms with Gasteiger partial charge in [-0.25, -0.2) is 19.7 Å². The smallest absolute Gasteiger partial charge is 0.461 e. The van der Waals surface area contributed by atoms with E-state index in [1.165, 1.54) is 6.33 Å². The molecule has 136 valence electrons. The zero-order chi connectivity index (χ0) is 18.4. The van der Waals surface area contributed by atoms with Gasteiger partial charge < -0.3 is 19.8 Å². The van der Waals surface area contributed by atoms with E-state index in [0.717, 1.165) is 0 Å². The number of carbonyl (C=O) groups excluding carboxylic acids is 1. The molecular weight excluding hydrogens is 349 g/mol. The molecule has 0 saturated carbocycles. The van der Waals surface area contributed by atoms with Crippen molar-refractivity contribution in [2.24, 2.45) is 0 Å². The van der Waals surface area contributed by atoms with E-state index in [0.29, 0.717) is 23.5 Å². The summed E-state index contributed by atoms with van der Waals surface area (Å²) in [4.78, 5) is 23.5. The Bertz CT molecular complexity index is 750. The zero-order valence-electron chi connectivity index (χ0n) is 14.3. The second-order valence-electron chi connectivity index (χ2n) is 5.58.